The van der Waals surface area contributed by atoms with Gasteiger partial charge in [0.1, 0.15) is 11.0 Å². The Balaban J connectivity index is 1.49. The monoisotopic (exact) mass is 563 g/mol. The van der Waals surface area contributed by atoms with E-state index in [1.807, 2.05) is 49.4 Å². The second-order valence-electron chi connectivity index (χ2n) is 6.81. The lowest BCUT2D eigenvalue weighted by atomic mass is 10.1. The van der Waals surface area contributed by atoms with Crippen LogP contribution >= 0.6 is 45.8 Å². The van der Waals surface area contributed by atoms with Gasteiger partial charge in [-0.1, -0.05) is 23.7 Å². The Labute approximate surface area is 202 Å². The standard InChI is InChI=1S/C22H16Cl2IN5O/c1-12(27-20-17-8-5-15(25)10-18(17)29-22(24)30-20)13-2-6-16(7-3-13)28-21(31)14-4-9-19(23)26-11-14/h2-12H,1H3,(H,28,31)(H,27,29,30)/t12-/m0/s1. The first-order valence-electron chi connectivity index (χ1n) is 9.31. The molecular weight excluding hydrogens is 548 g/mol. The van der Waals surface area contributed by atoms with Gasteiger partial charge < -0.3 is 10.6 Å². The van der Waals surface area contributed by atoms with Gasteiger partial charge in [0, 0.05) is 26.9 Å². The minimum absolute atomic E-state index is 0.0429. The highest BCUT2D eigenvalue weighted by Gasteiger charge is 2.12. The number of nitrogens with one attached hydrogen (secondary N) is 2. The van der Waals surface area contributed by atoms with E-state index in [0.717, 1.165) is 20.0 Å². The molecule has 31 heavy (non-hydrogen) atoms. The van der Waals surface area contributed by atoms with Gasteiger partial charge in [-0.25, -0.2) is 15.0 Å². The van der Waals surface area contributed by atoms with Gasteiger partial charge in [0.25, 0.3) is 5.91 Å². The van der Waals surface area contributed by atoms with Gasteiger partial charge in [0.2, 0.25) is 5.28 Å². The van der Waals surface area contributed by atoms with Crippen LogP contribution in [-0.4, -0.2) is 20.9 Å². The normalized spacial score (nSPS) is 11.9. The molecule has 2 heterocycles. The van der Waals surface area contributed by atoms with E-state index in [4.69, 9.17) is 23.2 Å². The van der Waals surface area contributed by atoms with E-state index in [0.29, 0.717) is 22.2 Å². The van der Waals surface area contributed by atoms with E-state index in [9.17, 15) is 4.79 Å². The lowest BCUT2D eigenvalue weighted by molar-refractivity contribution is 0.102. The molecule has 4 rings (SSSR count). The molecule has 0 aliphatic rings. The highest BCUT2D eigenvalue weighted by Crippen LogP contribution is 2.27. The molecule has 2 aromatic carbocycles. The van der Waals surface area contributed by atoms with Crippen LogP contribution in [0.4, 0.5) is 11.5 Å². The summed E-state index contributed by atoms with van der Waals surface area (Å²) >= 11 is 14.1. The molecular formula is C22H16Cl2IN5O. The smallest absolute Gasteiger partial charge is 0.257 e. The van der Waals surface area contributed by atoms with Crippen molar-refractivity contribution in [1.82, 2.24) is 15.0 Å². The minimum atomic E-state index is -0.250. The molecule has 1 amide bonds. The van der Waals surface area contributed by atoms with Crippen LogP contribution in [0.1, 0.15) is 28.9 Å². The third-order valence-corrected chi connectivity index (χ3v) is 5.71. The zero-order chi connectivity index (χ0) is 22.0. The number of hydrogen-bond donors (Lipinski definition) is 2. The number of halogens is 3. The molecule has 0 bridgehead atoms. The molecule has 1 atom stereocenters. The topological polar surface area (TPSA) is 79.8 Å². The van der Waals surface area contributed by atoms with Crippen molar-refractivity contribution in [2.75, 3.05) is 10.6 Å². The van der Waals surface area contributed by atoms with Crippen molar-refractivity contribution in [3.05, 3.63) is 85.9 Å². The van der Waals surface area contributed by atoms with Crippen LogP contribution < -0.4 is 10.6 Å². The molecule has 2 aromatic heterocycles. The Morgan fingerprint density at radius 1 is 1.03 bits per heavy atom. The fraction of sp³-hybridized carbons (Fsp3) is 0.0909. The number of aromatic nitrogens is 3. The molecule has 6 nitrogen and oxygen atoms in total. The second kappa shape index (κ2) is 9.33. The summed E-state index contributed by atoms with van der Waals surface area (Å²) in [6.07, 6.45) is 1.44. The van der Waals surface area contributed by atoms with Gasteiger partial charge in [-0.15, -0.1) is 0 Å². The maximum atomic E-state index is 12.3. The molecule has 0 saturated heterocycles. The van der Waals surface area contributed by atoms with E-state index in [1.165, 1.54) is 6.20 Å². The number of anilines is 2. The van der Waals surface area contributed by atoms with Crippen molar-refractivity contribution in [2.45, 2.75) is 13.0 Å². The number of hydrogen-bond acceptors (Lipinski definition) is 5. The van der Waals surface area contributed by atoms with E-state index in [-0.39, 0.29) is 17.2 Å². The number of nitrogens with zero attached hydrogens (tertiary/aromatic N) is 3. The van der Waals surface area contributed by atoms with Crippen LogP contribution in [0.2, 0.25) is 10.4 Å². The summed E-state index contributed by atoms with van der Waals surface area (Å²) in [5, 5.41) is 7.69. The Morgan fingerprint density at radius 3 is 2.52 bits per heavy atom. The molecule has 2 N–H and O–H groups in total. The van der Waals surface area contributed by atoms with Crippen LogP contribution in [0, 0.1) is 3.57 Å². The molecule has 0 radical (unpaired) electrons. The predicted octanol–water partition coefficient (Wildman–Crippen LogP) is 6.36. The van der Waals surface area contributed by atoms with Crippen LogP contribution in [0.3, 0.4) is 0 Å². The zero-order valence-corrected chi connectivity index (χ0v) is 19.9. The van der Waals surface area contributed by atoms with Gasteiger partial charge in [-0.2, -0.15) is 0 Å². The number of carbonyl (C=O) groups is 1. The van der Waals surface area contributed by atoms with Crippen LogP contribution in [0.25, 0.3) is 10.9 Å². The summed E-state index contributed by atoms with van der Waals surface area (Å²) in [5.74, 6) is 0.423. The first-order valence-corrected chi connectivity index (χ1v) is 11.1. The Morgan fingerprint density at radius 2 is 1.81 bits per heavy atom. The molecule has 0 aliphatic heterocycles. The average molecular weight is 564 g/mol. The summed E-state index contributed by atoms with van der Waals surface area (Å²) < 4.78 is 1.07. The largest absolute Gasteiger partial charge is 0.363 e. The van der Waals surface area contributed by atoms with Gasteiger partial charge >= 0.3 is 0 Å². The maximum absolute atomic E-state index is 12.3. The first-order chi connectivity index (χ1) is 14.9. The molecule has 0 unspecified atom stereocenters. The summed E-state index contributed by atoms with van der Waals surface area (Å²) in [5.41, 5.74) is 2.93. The lowest BCUT2D eigenvalue weighted by Gasteiger charge is -2.17. The van der Waals surface area contributed by atoms with Gasteiger partial charge in [0.05, 0.1) is 11.1 Å². The molecule has 0 saturated carbocycles. The van der Waals surface area contributed by atoms with E-state index in [2.05, 4.69) is 48.2 Å². The van der Waals surface area contributed by atoms with Crippen molar-refractivity contribution in [1.29, 1.82) is 0 Å². The van der Waals surface area contributed by atoms with Crippen molar-refractivity contribution < 1.29 is 4.79 Å². The highest BCUT2D eigenvalue weighted by molar-refractivity contribution is 14.1. The number of rotatable bonds is 5. The Hall–Kier alpha value is -2.49. The highest BCUT2D eigenvalue weighted by atomic mass is 127. The van der Waals surface area contributed by atoms with Crippen molar-refractivity contribution >= 4 is 74.1 Å². The zero-order valence-electron chi connectivity index (χ0n) is 16.2. The quantitative estimate of drug-likeness (QED) is 0.168. The van der Waals surface area contributed by atoms with Crippen molar-refractivity contribution in [2.24, 2.45) is 0 Å². The van der Waals surface area contributed by atoms with E-state index >= 15 is 0 Å². The summed E-state index contributed by atoms with van der Waals surface area (Å²) in [7, 11) is 0. The average Bonchev–Trinajstić information content (AvgIpc) is 2.74. The second-order valence-corrected chi connectivity index (χ2v) is 8.79. The van der Waals surface area contributed by atoms with Crippen molar-refractivity contribution in [3.63, 3.8) is 0 Å². The summed E-state index contributed by atoms with van der Waals surface area (Å²) in [6.45, 7) is 2.03. The Bertz CT molecular complexity index is 1240. The maximum Gasteiger partial charge on any atom is 0.257 e. The van der Waals surface area contributed by atoms with Crippen LogP contribution in [0.15, 0.2) is 60.8 Å². The number of benzene rings is 2. The summed E-state index contributed by atoms with van der Waals surface area (Å²) in [6, 6.07) is 16.7. The fourth-order valence-electron chi connectivity index (χ4n) is 3.04. The number of fused-ring (bicyclic) bond motifs is 1. The number of carbonyl (C=O) groups excluding carboxylic acids is 1. The van der Waals surface area contributed by atoms with E-state index in [1.54, 1.807) is 12.1 Å². The SMILES string of the molecule is C[C@H](Nc1nc(Cl)nc2cc(I)ccc12)c1ccc(NC(=O)c2ccc(Cl)nc2)cc1. The third-order valence-electron chi connectivity index (χ3n) is 4.64. The van der Waals surface area contributed by atoms with E-state index < -0.39 is 0 Å². The third kappa shape index (κ3) is 5.23. The summed E-state index contributed by atoms with van der Waals surface area (Å²) in [4.78, 5) is 24.9. The van der Waals surface area contributed by atoms with Crippen molar-refractivity contribution in [3.8, 4) is 0 Å². The molecule has 9 heteroatoms. The lowest BCUT2D eigenvalue weighted by Crippen LogP contribution is -2.12. The first kappa shape index (κ1) is 21.7. The number of amides is 1. The molecule has 156 valence electrons. The molecule has 0 fully saturated rings. The van der Waals surface area contributed by atoms with Gasteiger partial charge in [-0.05, 0) is 89.1 Å². The number of pyridine rings is 1. The molecule has 0 spiro atoms. The van der Waals surface area contributed by atoms with Crippen LogP contribution in [-0.2, 0) is 0 Å². The minimum Gasteiger partial charge on any atom is -0.363 e. The molecule has 4 aromatic rings. The fourth-order valence-corrected chi connectivity index (χ4v) is 3.80. The predicted molar refractivity (Wildman–Crippen MR) is 133 cm³/mol. The molecule has 0 aliphatic carbocycles. The van der Waals surface area contributed by atoms with Gasteiger partial charge in [-0.3, -0.25) is 4.79 Å². The van der Waals surface area contributed by atoms with Gasteiger partial charge in [0.15, 0.2) is 0 Å². The van der Waals surface area contributed by atoms with Crippen LogP contribution in [0.5, 0.6) is 0 Å². The Kier molecular flexibility index (Phi) is 6.54.